The number of hydrogen-bond donors (Lipinski definition) is 0. The van der Waals surface area contributed by atoms with Crippen LogP contribution in [0, 0.1) is 0 Å². The molecule has 0 nitrogen and oxygen atoms in total. The molecule has 0 spiro atoms. The highest BCUT2D eigenvalue weighted by molar-refractivity contribution is 14.1. The van der Waals surface area contributed by atoms with Crippen LogP contribution >= 0.6 is 38.5 Å². The summed E-state index contributed by atoms with van der Waals surface area (Å²) in [5.74, 6) is 0. The van der Waals surface area contributed by atoms with Crippen LogP contribution in [0.15, 0.2) is 0 Å². The van der Waals surface area contributed by atoms with E-state index in [-0.39, 0.29) is 5.33 Å². The zero-order valence-corrected chi connectivity index (χ0v) is 7.54. The van der Waals surface area contributed by atoms with Gasteiger partial charge >= 0.3 is 0 Å². The molecular formula is C3H6BrF2I. The Hall–Kier alpha value is 1.07. The Bertz CT molecular complexity index is 26.9. The van der Waals surface area contributed by atoms with E-state index in [9.17, 15) is 8.78 Å². The SMILES string of the molecule is CI.FC(F)CBr. The molecule has 0 saturated heterocycles. The predicted molar refractivity (Wildman–Crippen MR) is 39.7 cm³/mol. The summed E-state index contributed by atoms with van der Waals surface area (Å²) in [5.41, 5.74) is 0. The summed E-state index contributed by atoms with van der Waals surface area (Å²) < 4.78 is 21.4. The van der Waals surface area contributed by atoms with E-state index in [1.807, 2.05) is 4.93 Å². The van der Waals surface area contributed by atoms with Crippen molar-refractivity contribution >= 4 is 38.5 Å². The fourth-order valence-electron chi connectivity index (χ4n) is 0. The van der Waals surface area contributed by atoms with Gasteiger partial charge in [0.2, 0.25) is 6.43 Å². The van der Waals surface area contributed by atoms with Gasteiger partial charge in [0.25, 0.3) is 0 Å². The van der Waals surface area contributed by atoms with Crippen molar-refractivity contribution < 1.29 is 8.78 Å². The molecule has 0 aliphatic carbocycles. The van der Waals surface area contributed by atoms with Gasteiger partial charge < -0.3 is 0 Å². The number of rotatable bonds is 1. The minimum absolute atomic E-state index is 0.215. The average molecular weight is 287 g/mol. The van der Waals surface area contributed by atoms with Gasteiger partial charge in [-0.15, -0.1) is 0 Å². The number of alkyl halides is 4. The minimum atomic E-state index is -2.20. The molecule has 0 heterocycles. The second kappa shape index (κ2) is 10.1. The minimum Gasteiger partial charge on any atom is -0.210 e. The van der Waals surface area contributed by atoms with E-state index >= 15 is 0 Å². The molecule has 0 aromatic rings. The first-order valence-corrected chi connectivity index (χ1v) is 4.77. The normalized spacial score (nSPS) is 7.71. The Morgan fingerprint density at radius 3 is 1.71 bits per heavy atom. The van der Waals surface area contributed by atoms with E-state index < -0.39 is 6.43 Å². The first kappa shape index (κ1) is 10.9. The van der Waals surface area contributed by atoms with Gasteiger partial charge in [0, 0.05) is 0 Å². The molecule has 0 aromatic carbocycles. The van der Waals surface area contributed by atoms with Crippen LogP contribution in [0.1, 0.15) is 0 Å². The zero-order chi connectivity index (χ0) is 6.28. The largest absolute Gasteiger partial charge is 0.248 e. The molecule has 0 aliphatic heterocycles. The van der Waals surface area contributed by atoms with Crippen LogP contribution < -0.4 is 0 Å². The predicted octanol–water partition coefficient (Wildman–Crippen LogP) is 2.70. The molecule has 46 valence electrons. The summed E-state index contributed by atoms with van der Waals surface area (Å²) in [4.78, 5) is 1.97. The van der Waals surface area contributed by atoms with Gasteiger partial charge in [-0.2, -0.15) is 0 Å². The Balaban J connectivity index is 0. The van der Waals surface area contributed by atoms with Crippen molar-refractivity contribution in [2.75, 3.05) is 10.3 Å². The second-order valence-electron chi connectivity index (χ2n) is 0.545. The molecule has 0 saturated carbocycles. The van der Waals surface area contributed by atoms with Gasteiger partial charge in [0.15, 0.2) is 0 Å². The molecule has 0 unspecified atom stereocenters. The molecule has 4 heteroatoms. The van der Waals surface area contributed by atoms with Crippen LogP contribution in [0.4, 0.5) is 8.78 Å². The molecule has 0 aromatic heterocycles. The summed E-state index contributed by atoms with van der Waals surface area (Å²) in [6.45, 7) is 0. The molecule has 0 bridgehead atoms. The van der Waals surface area contributed by atoms with Gasteiger partial charge in [-0.1, -0.05) is 38.5 Å². The van der Waals surface area contributed by atoms with Crippen LogP contribution in [0.5, 0.6) is 0 Å². The Labute approximate surface area is 63.9 Å². The second-order valence-corrected chi connectivity index (χ2v) is 1.19. The van der Waals surface area contributed by atoms with Crippen molar-refractivity contribution in [3.8, 4) is 0 Å². The van der Waals surface area contributed by atoms with Gasteiger partial charge in [-0.05, 0) is 4.93 Å². The highest BCUT2D eigenvalue weighted by Crippen LogP contribution is 1.94. The lowest BCUT2D eigenvalue weighted by Gasteiger charge is -1.80. The molecule has 0 aliphatic rings. The van der Waals surface area contributed by atoms with Crippen molar-refractivity contribution in [3.05, 3.63) is 0 Å². The topological polar surface area (TPSA) is 0 Å². The third-order valence-corrected chi connectivity index (χ3v) is 0.606. The maximum atomic E-state index is 10.7. The summed E-state index contributed by atoms with van der Waals surface area (Å²) in [5, 5.41) is -0.215. The average Bonchev–Trinajstić information content (AvgIpc) is 1.73. The maximum Gasteiger partial charge on any atom is 0.248 e. The molecule has 0 rings (SSSR count). The van der Waals surface area contributed by atoms with Crippen LogP contribution in [0.2, 0.25) is 0 Å². The van der Waals surface area contributed by atoms with Crippen LogP contribution in [-0.4, -0.2) is 16.7 Å². The van der Waals surface area contributed by atoms with Crippen LogP contribution in [0.25, 0.3) is 0 Å². The first-order valence-electron chi connectivity index (χ1n) is 1.49. The van der Waals surface area contributed by atoms with E-state index in [0.29, 0.717) is 0 Å². The Morgan fingerprint density at radius 2 is 1.71 bits per heavy atom. The van der Waals surface area contributed by atoms with Crippen molar-refractivity contribution in [1.29, 1.82) is 0 Å². The van der Waals surface area contributed by atoms with Crippen molar-refractivity contribution in [1.82, 2.24) is 0 Å². The zero-order valence-electron chi connectivity index (χ0n) is 3.80. The third-order valence-electron chi connectivity index (χ3n) is 0.117. The molecule has 0 amide bonds. The summed E-state index contributed by atoms with van der Waals surface area (Å²) >= 11 is 4.71. The fraction of sp³-hybridized carbons (Fsp3) is 1.00. The smallest absolute Gasteiger partial charge is 0.210 e. The Morgan fingerprint density at radius 1 is 1.57 bits per heavy atom. The quantitative estimate of drug-likeness (QED) is 0.514. The number of halogens is 4. The van der Waals surface area contributed by atoms with E-state index in [1.165, 1.54) is 0 Å². The summed E-state index contributed by atoms with van der Waals surface area (Å²) in [7, 11) is 0. The van der Waals surface area contributed by atoms with Gasteiger partial charge in [-0.3, -0.25) is 0 Å². The lowest BCUT2D eigenvalue weighted by Crippen LogP contribution is -1.86. The van der Waals surface area contributed by atoms with Crippen LogP contribution in [-0.2, 0) is 0 Å². The highest BCUT2D eigenvalue weighted by atomic mass is 127. The van der Waals surface area contributed by atoms with Crippen molar-refractivity contribution in [3.63, 3.8) is 0 Å². The summed E-state index contributed by atoms with van der Waals surface area (Å²) in [6.07, 6.45) is -2.20. The van der Waals surface area contributed by atoms with Crippen molar-refractivity contribution in [2.24, 2.45) is 0 Å². The molecule has 0 radical (unpaired) electrons. The third kappa shape index (κ3) is 19.3. The summed E-state index contributed by atoms with van der Waals surface area (Å²) in [6, 6.07) is 0. The van der Waals surface area contributed by atoms with Crippen LogP contribution in [0.3, 0.4) is 0 Å². The molecular weight excluding hydrogens is 281 g/mol. The molecule has 0 N–H and O–H groups in total. The molecule has 7 heavy (non-hydrogen) atoms. The highest BCUT2D eigenvalue weighted by Gasteiger charge is 1.92. The first-order chi connectivity index (χ1) is 3.27. The van der Waals surface area contributed by atoms with Gasteiger partial charge in [-0.25, -0.2) is 8.78 Å². The lowest BCUT2D eigenvalue weighted by atomic mass is 10.9. The van der Waals surface area contributed by atoms with E-state index in [2.05, 4.69) is 38.5 Å². The standard InChI is InChI=1S/C2H3BrF2.CH3I/c3-1-2(4)5;1-2/h2H,1H2;1H3. The maximum absolute atomic E-state index is 10.7. The monoisotopic (exact) mass is 286 g/mol. The Kier molecular flexibility index (Phi) is 15.8. The molecule has 0 atom stereocenters. The van der Waals surface area contributed by atoms with E-state index in [1.54, 1.807) is 0 Å². The molecule has 0 fully saturated rings. The van der Waals surface area contributed by atoms with E-state index in [4.69, 9.17) is 0 Å². The number of hydrogen-bond acceptors (Lipinski definition) is 0. The fourth-order valence-corrected chi connectivity index (χ4v) is 0. The van der Waals surface area contributed by atoms with Gasteiger partial charge in [0.1, 0.15) is 0 Å². The lowest BCUT2D eigenvalue weighted by molar-refractivity contribution is 0.178. The van der Waals surface area contributed by atoms with E-state index in [0.717, 1.165) is 0 Å². The van der Waals surface area contributed by atoms with Crippen molar-refractivity contribution in [2.45, 2.75) is 6.43 Å². The van der Waals surface area contributed by atoms with Gasteiger partial charge in [0.05, 0.1) is 5.33 Å².